The lowest BCUT2D eigenvalue weighted by molar-refractivity contribution is 0.0997. The lowest BCUT2D eigenvalue weighted by Crippen LogP contribution is -2.11. The molecule has 0 aliphatic carbocycles. The van der Waals surface area contributed by atoms with Gasteiger partial charge in [0.2, 0.25) is 0 Å². The van der Waals surface area contributed by atoms with Crippen LogP contribution in [0.3, 0.4) is 0 Å². The molecule has 7 heteroatoms. The first kappa shape index (κ1) is 16.8. The van der Waals surface area contributed by atoms with Crippen molar-refractivity contribution in [2.24, 2.45) is 11.5 Å². The fourth-order valence-electron chi connectivity index (χ4n) is 2.42. The number of rotatable bonds is 6. The quantitative estimate of drug-likeness (QED) is 0.358. The van der Waals surface area contributed by atoms with Crippen LogP contribution in [-0.4, -0.2) is 22.5 Å². The first-order valence-electron chi connectivity index (χ1n) is 7.46. The van der Waals surface area contributed by atoms with E-state index in [2.05, 4.69) is 4.98 Å². The molecule has 5 N–H and O–H groups in total. The van der Waals surface area contributed by atoms with Gasteiger partial charge < -0.3 is 11.5 Å². The molecule has 0 aliphatic heterocycles. The number of nitrogens with two attached hydrogens (primary N) is 2. The molecule has 3 rings (SSSR count). The highest BCUT2D eigenvalue weighted by molar-refractivity contribution is 7.20. The van der Waals surface area contributed by atoms with Gasteiger partial charge in [0, 0.05) is 12.0 Å². The van der Waals surface area contributed by atoms with Gasteiger partial charge in [-0.25, -0.2) is 4.98 Å². The van der Waals surface area contributed by atoms with E-state index in [0.717, 1.165) is 10.3 Å². The number of primary amides is 1. The molecule has 0 fully saturated rings. The van der Waals surface area contributed by atoms with E-state index in [0.29, 0.717) is 28.1 Å². The van der Waals surface area contributed by atoms with Crippen molar-refractivity contribution < 1.29 is 9.59 Å². The average Bonchev–Trinajstić information content (AvgIpc) is 3.03. The predicted octanol–water partition coefficient (Wildman–Crippen LogP) is 2.31. The lowest BCUT2D eigenvalue weighted by atomic mass is 10.0. The minimum absolute atomic E-state index is 0.0154. The third kappa shape index (κ3) is 3.56. The normalized spacial score (nSPS) is 10.7. The van der Waals surface area contributed by atoms with Gasteiger partial charge in [-0.15, -0.1) is 11.3 Å². The minimum atomic E-state index is -0.570. The molecular formula is C18H15N4O2S. The van der Waals surface area contributed by atoms with Crippen molar-refractivity contribution in [2.75, 3.05) is 0 Å². The number of amides is 1. The molecule has 0 saturated heterocycles. The van der Waals surface area contributed by atoms with Crippen molar-refractivity contribution in [3.63, 3.8) is 0 Å². The highest BCUT2D eigenvalue weighted by Gasteiger charge is 2.16. The lowest BCUT2D eigenvalue weighted by Gasteiger charge is -2.03. The Kier molecular flexibility index (Phi) is 4.58. The molecular weight excluding hydrogens is 336 g/mol. The molecule has 0 saturated carbocycles. The van der Waals surface area contributed by atoms with E-state index in [1.807, 2.05) is 6.07 Å². The van der Waals surface area contributed by atoms with E-state index >= 15 is 0 Å². The molecule has 2 aromatic carbocycles. The summed E-state index contributed by atoms with van der Waals surface area (Å²) in [6.45, 7) is 0. The van der Waals surface area contributed by atoms with Crippen LogP contribution in [0, 0.1) is 11.8 Å². The van der Waals surface area contributed by atoms with Crippen LogP contribution < -0.4 is 11.5 Å². The zero-order chi connectivity index (χ0) is 18.0. The summed E-state index contributed by atoms with van der Waals surface area (Å²) in [6, 6.07) is 12.3. The van der Waals surface area contributed by atoms with Crippen molar-refractivity contribution in [1.82, 2.24) is 4.98 Å². The monoisotopic (exact) mass is 351 g/mol. The van der Waals surface area contributed by atoms with Crippen LogP contribution in [0.25, 0.3) is 10.2 Å². The van der Waals surface area contributed by atoms with Crippen molar-refractivity contribution in [2.45, 2.75) is 6.42 Å². The first-order valence-corrected chi connectivity index (χ1v) is 8.27. The summed E-state index contributed by atoms with van der Waals surface area (Å²) >= 11 is 1.23. The Hall–Kier alpha value is -3.06. The number of thiazole rings is 1. The Morgan fingerprint density at radius 1 is 1.16 bits per heavy atom. The van der Waals surface area contributed by atoms with Gasteiger partial charge in [-0.05, 0) is 30.2 Å². The van der Waals surface area contributed by atoms with Crippen molar-refractivity contribution >= 4 is 39.1 Å². The molecule has 25 heavy (non-hydrogen) atoms. The van der Waals surface area contributed by atoms with Gasteiger partial charge in [-0.1, -0.05) is 24.3 Å². The third-order valence-corrected chi connectivity index (χ3v) is 4.69. The third-order valence-electron chi connectivity index (χ3n) is 3.66. The van der Waals surface area contributed by atoms with Crippen LogP contribution in [0.5, 0.6) is 0 Å². The number of nitrogen functional groups attached to an aromatic ring is 1. The second-order valence-corrected chi connectivity index (χ2v) is 6.45. The second kappa shape index (κ2) is 6.82. The number of para-hydroxylation sites is 1. The summed E-state index contributed by atoms with van der Waals surface area (Å²) in [5.74, 6) is -0.803. The van der Waals surface area contributed by atoms with Gasteiger partial charge >= 0.3 is 0 Å². The number of carbonyl (C=O) groups excluding carboxylic acids is 2. The number of fused-ring (bicyclic) bond motifs is 1. The zero-order valence-electron chi connectivity index (χ0n) is 13.2. The Labute approximate surface area is 148 Å². The number of aromatic nitrogens is 1. The van der Waals surface area contributed by atoms with Gasteiger partial charge in [0.05, 0.1) is 15.8 Å². The number of nitrogens with zero attached hydrogens (tertiary/aromatic N) is 1. The highest BCUT2D eigenvalue weighted by atomic mass is 32.1. The summed E-state index contributed by atoms with van der Waals surface area (Å²) in [4.78, 5) is 28.1. The number of nitrogens with one attached hydrogen (secondary N) is 1. The van der Waals surface area contributed by atoms with E-state index in [-0.39, 0.29) is 11.6 Å². The number of carbonyl (C=O) groups is 2. The van der Waals surface area contributed by atoms with Gasteiger partial charge in [0.25, 0.3) is 5.91 Å². The van der Waals surface area contributed by atoms with Crippen LogP contribution in [0.4, 0.5) is 0 Å². The standard InChI is InChI=1S/C18H15N4O2S/c19-16(20)11-4-1-3-10(9-11)7-8-13(23)18-22-15-12(17(21)24)5-2-6-14(15)25-18/h1-6,8-9H,7H2,(H3,19,20)(H2,21,24). The Balaban J connectivity index is 1.79. The van der Waals surface area contributed by atoms with Crippen LogP contribution in [0.15, 0.2) is 42.5 Å². The van der Waals surface area contributed by atoms with Crippen molar-refractivity contribution in [3.8, 4) is 0 Å². The highest BCUT2D eigenvalue weighted by Crippen LogP contribution is 2.26. The molecule has 0 atom stereocenters. The molecule has 125 valence electrons. The Morgan fingerprint density at radius 3 is 2.64 bits per heavy atom. The first-order chi connectivity index (χ1) is 12.0. The fraction of sp³-hybridized carbons (Fsp3) is 0.0556. The molecule has 0 unspecified atom stereocenters. The predicted molar refractivity (Wildman–Crippen MR) is 97.9 cm³/mol. The number of ketones is 1. The maximum absolute atomic E-state index is 12.4. The largest absolute Gasteiger partial charge is 0.384 e. The molecule has 1 radical (unpaired) electrons. The molecule has 3 aromatic rings. The summed E-state index contributed by atoms with van der Waals surface area (Å²) in [6.07, 6.45) is 1.93. The van der Waals surface area contributed by atoms with Crippen LogP contribution in [0.1, 0.15) is 31.3 Å². The maximum atomic E-state index is 12.4. The summed E-state index contributed by atoms with van der Waals surface area (Å²) < 4.78 is 0.742. The van der Waals surface area contributed by atoms with E-state index in [9.17, 15) is 9.59 Å². The van der Waals surface area contributed by atoms with Gasteiger partial charge in [-0.2, -0.15) is 0 Å². The Bertz CT molecular complexity index is 994. The summed E-state index contributed by atoms with van der Waals surface area (Å²) in [7, 11) is 0. The van der Waals surface area contributed by atoms with E-state index < -0.39 is 5.91 Å². The maximum Gasteiger partial charge on any atom is 0.250 e. The molecule has 0 spiro atoms. The van der Waals surface area contributed by atoms with E-state index in [4.69, 9.17) is 16.9 Å². The van der Waals surface area contributed by atoms with Gasteiger partial charge in [0.15, 0.2) is 10.8 Å². The van der Waals surface area contributed by atoms with Gasteiger partial charge in [0.1, 0.15) is 5.84 Å². The number of Topliss-reactive ketones (excluding diaryl/α,β-unsaturated/α-hetero) is 1. The molecule has 1 aromatic heterocycles. The number of benzene rings is 2. The number of hydrogen-bond donors (Lipinski definition) is 3. The molecule has 1 heterocycles. The SMILES string of the molecule is N=C(N)c1cccc(C[CH]C(=O)c2nc3c(C(N)=O)cccc3s2)c1. The summed E-state index contributed by atoms with van der Waals surface area (Å²) in [5, 5.41) is 7.77. The number of amidine groups is 1. The zero-order valence-corrected chi connectivity index (χ0v) is 14.0. The molecule has 0 aliphatic rings. The molecule has 1 amide bonds. The van der Waals surface area contributed by atoms with Crippen molar-refractivity contribution in [3.05, 3.63) is 70.6 Å². The molecule has 6 nitrogen and oxygen atoms in total. The minimum Gasteiger partial charge on any atom is -0.384 e. The van der Waals surface area contributed by atoms with Crippen LogP contribution >= 0.6 is 11.3 Å². The Morgan fingerprint density at radius 2 is 1.92 bits per heavy atom. The number of hydrogen-bond acceptors (Lipinski definition) is 5. The topological polar surface area (TPSA) is 123 Å². The van der Waals surface area contributed by atoms with E-state index in [1.54, 1.807) is 36.4 Å². The molecule has 0 bridgehead atoms. The fourth-order valence-corrected chi connectivity index (χ4v) is 3.34. The second-order valence-electron chi connectivity index (χ2n) is 5.42. The van der Waals surface area contributed by atoms with Crippen LogP contribution in [-0.2, 0) is 6.42 Å². The van der Waals surface area contributed by atoms with Gasteiger partial charge in [-0.3, -0.25) is 15.0 Å². The van der Waals surface area contributed by atoms with Crippen LogP contribution in [0.2, 0.25) is 0 Å². The van der Waals surface area contributed by atoms with E-state index in [1.165, 1.54) is 17.8 Å². The average molecular weight is 351 g/mol. The summed E-state index contributed by atoms with van der Waals surface area (Å²) in [5.41, 5.74) is 13.1. The smallest absolute Gasteiger partial charge is 0.250 e. The van der Waals surface area contributed by atoms with Crippen molar-refractivity contribution in [1.29, 1.82) is 5.41 Å².